The molecule has 160 valence electrons. The van der Waals surface area contributed by atoms with Gasteiger partial charge in [0.15, 0.2) is 0 Å². The molecule has 5 rings (SSSR count). The van der Waals surface area contributed by atoms with Gasteiger partial charge in [0.05, 0.1) is 34.8 Å². The maximum absolute atomic E-state index is 13.1. The van der Waals surface area contributed by atoms with Gasteiger partial charge in [0.2, 0.25) is 16.9 Å². The maximum atomic E-state index is 13.1. The minimum Gasteiger partial charge on any atom is -0.319 e. The Morgan fingerprint density at radius 3 is 2.78 bits per heavy atom. The summed E-state index contributed by atoms with van der Waals surface area (Å²) in [5.74, 6) is -3.20. The number of piperidine rings is 1. The second-order valence-corrected chi connectivity index (χ2v) is 7.99. The fourth-order valence-electron chi connectivity index (χ4n) is 3.72. The third kappa shape index (κ3) is 3.17. The second kappa shape index (κ2) is 7.50. The predicted molar refractivity (Wildman–Crippen MR) is 110 cm³/mol. The zero-order valence-corrected chi connectivity index (χ0v) is 17.1. The normalized spacial score (nSPS) is 18.0. The average Bonchev–Trinajstić information content (AvgIpc) is 3.50. The number of carbonyl (C=O) groups is 5. The number of amides is 5. The Balaban J connectivity index is 1.42. The first-order chi connectivity index (χ1) is 15.4. The molecule has 1 fully saturated rings. The second-order valence-electron chi connectivity index (χ2n) is 7.12. The lowest BCUT2D eigenvalue weighted by Gasteiger charge is -2.27. The molecule has 1 atom stereocenters. The summed E-state index contributed by atoms with van der Waals surface area (Å²) in [6.07, 6.45) is 4.69. The van der Waals surface area contributed by atoms with Crippen LogP contribution in [-0.2, 0) is 9.59 Å². The number of carbonyl (C=O) groups excluding carboxylic acids is 5. The lowest BCUT2D eigenvalue weighted by molar-refractivity contribution is -0.136. The van der Waals surface area contributed by atoms with Crippen molar-refractivity contribution < 1.29 is 24.0 Å². The number of imide groups is 2. The van der Waals surface area contributed by atoms with Crippen molar-refractivity contribution in [3.63, 3.8) is 0 Å². The first kappa shape index (κ1) is 19.8. The molecule has 11 nitrogen and oxygen atoms in total. The Morgan fingerprint density at radius 2 is 2.03 bits per heavy atom. The van der Waals surface area contributed by atoms with Crippen LogP contribution in [0.3, 0.4) is 0 Å². The fraction of sp³-hybridized carbons (Fsp3) is 0.150. The highest BCUT2D eigenvalue weighted by atomic mass is 32.1. The summed E-state index contributed by atoms with van der Waals surface area (Å²) in [4.78, 5) is 67.5. The molecule has 1 unspecified atom stereocenters. The van der Waals surface area contributed by atoms with Crippen molar-refractivity contribution in [3.8, 4) is 5.13 Å². The third-order valence-corrected chi connectivity index (χ3v) is 5.93. The molecule has 3 aromatic rings. The number of nitrogens with zero attached hydrogens (tertiary/aromatic N) is 4. The monoisotopic (exact) mass is 450 g/mol. The highest BCUT2D eigenvalue weighted by Crippen LogP contribution is 2.30. The van der Waals surface area contributed by atoms with E-state index in [0.717, 1.165) is 4.90 Å². The van der Waals surface area contributed by atoms with Crippen LogP contribution in [0.2, 0.25) is 0 Å². The van der Waals surface area contributed by atoms with E-state index in [1.807, 2.05) is 0 Å². The molecule has 2 aliphatic rings. The molecular weight excluding hydrogens is 436 g/mol. The van der Waals surface area contributed by atoms with Gasteiger partial charge in [0.25, 0.3) is 17.7 Å². The van der Waals surface area contributed by atoms with E-state index in [4.69, 9.17) is 0 Å². The number of benzene rings is 1. The smallest absolute Gasteiger partial charge is 0.263 e. The number of anilines is 1. The summed E-state index contributed by atoms with van der Waals surface area (Å²) in [7, 11) is 0. The number of hydrogen-bond donors (Lipinski definition) is 2. The molecule has 4 heterocycles. The Kier molecular flexibility index (Phi) is 4.63. The van der Waals surface area contributed by atoms with Crippen LogP contribution in [0.1, 0.15) is 43.9 Å². The van der Waals surface area contributed by atoms with Gasteiger partial charge in [-0.1, -0.05) is 6.07 Å². The fourth-order valence-corrected chi connectivity index (χ4v) is 4.30. The van der Waals surface area contributed by atoms with Crippen LogP contribution in [0.4, 0.5) is 5.69 Å². The Morgan fingerprint density at radius 1 is 1.19 bits per heavy atom. The highest BCUT2D eigenvalue weighted by Gasteiger charge is 2.46. The van der Waals surface area contributed by atoms with E-state index >= 15 is 0 Å². The molecule has 0 spiro atoms. The zero-order chi connectivity index (χ0) is 22.4. The van der Waals surface area contributed by atoms with Crippen molar-refractivity contribution >= 4 is 46.6 Å². The molecule has 2 aliphatic heterocycles. The highest BCUT2D eigenvalue weighted by molar-refractivity contribution is 7.12. The van der Waals surface area contributed by atoms with Crippen molar-refractivity contribution in [2.75, 3.05) is 5.32 Å². The number of hydrogen-bond acceptors (Lipinski definition) is 8. The number of aromatic nitrogens is 3. The van der Waals surface area contributed by atoms with Gasteiger partial charge in [0.1, 0.15) is 6.04 Å². The molecule has 12 heteroatoms. The first-order valence-corrected chi connectivity index (χ1v) is 10.4. The van der Waals surface area contributed by atoms with Crippen LogP contribution >= 0.6 is 11.3 Å². The van der Waals surface area contributed by atoms with E-state index in [1.165, 1.54) is 40.4 Å². The standard InChI is InChI=1S/C20H14N6O5S/c27-14-5-4-13(17(29)24-14)26-18(30)12-3-1-2-11(15(12)19(26)31)16(28)23-10-8-22-25(9-10)20-21-6-7-32-20/h1-3,6-9,13H,4-5H2,(H,23,28)(H,24,27,29). The Bertz CT molecular complexity index is 1300. The van der Waals surface area contributed by atoms with Gasteiger partial charge in [0, 0.05) is 18.0 Å². The van der Waals surface area contributed by atoms with Crippen LogP contribution in [0.25, 0.3) is 5.13 Å². The van der Waals surface area contributed by atoms with Gasteiger partial charge in [-0.25, -0.2) is 9.67 Å². The lowest BCUT2D eigenvalue weighted by Crippen LogP contribution is -2.54. The van der Waals surface area contributed by atoms with Crippen LogP contribution in [0, 0.1) is 0 Å². The molecule has 1 saturated heterocycles. The van der Waals surface area contributed by atoms with E-state index in [2.05, 4.69) is 20.7 Å². The molecule has 0 bridgehead atoms. The molecule has 0 aliphatic carbocycles. The van der Waals surface area contributed by atoms with Crippen molar-refractivity contribution in [1.29, 1.82) is 0 Å². The van der Waals surface area contributed by atoms with E-state index in [-0.39, 0.29) is 29.5 Å². The minimum atomic E-state index is -1.10. The predicted octanol–water partition coefficient (Wildman–Crippen LogP) is 0.982. The summed E-state index contributed by atoms with van der Waals surface area (Å²) >= 11 is 1.37. The van der Waals surface area contributed by atoms with Gasteiger partial charge < -0.3 is 5.32 Å². The molecular formula is C20H14N6O5S. The molecule has 1 aromatic carbocycles. The molecule has 2 aromatic heterocycles. The zero-order valence-electron chi connectivity index (χ0n) is 16.3. The Hall–Kier alpha value is -4.19. The quantitative estimate of drug-likeness (QED) is 0.564. The van der Waals surface area contributed by atoms with Crippen molar-refractivity contribution in [1.82, 2.24) is 25.0 Å². The first-order valence-electron chi connectivity index (χ1n) is 9.54. The van der Waals surface area contributed by atoms with Crippen LogP contribution < -0.4 is 10.6 Å². The van der Waals surface area contributed by atoms with Crippen molar-refractivity contribution in [2.24, 2.45) is 0 Å². The van der Waals surface area contributed by atoms with Crippen LogP contribution in [-0.4, -0.2) is 55.2 Å². The average molecular weight is 450 g/mol. The Labute approximate surface area is 184 Å². The summed E-state index contributed by atoms with van der Waals surface area (Å²) in [6, 6.07) is 3.25. The molecule has 5 amide bonds. The topological polar surface area (TPSA) is 143 Å². The van der Waals surface area contributed by atoms with Gasteiger partial charge in [-0.05, 0) is 18.6 Å². The lowest BCUT2D eigenvalue weighted by atomic mass is 10.0. The summed E-state index contributed by atoms with van der Waals surface area (Å²) in [6.45, 7) is 0. The largest absolute Gasteiger partial charge is 0.319 e. The van der Waals surface area contributed by atoms with Gasteiger partial charge in [-0.2, -0.15) is 5.10 Å². The number of nitrogens with one attached hydrogen (secondary N) is 2. The maximum Gasteiger partial charge on any atom is 0.263 e. The van der Waals surface area contributed by atoms with Gasteiger partial charge >= 0.3 is 0 Å². The van der Waals surface area contributed by atoms with E-state index in [9.17, 15) is 24.0 Å². The molecule has 0 radical (unpaired) electrons. The minimum absolute atomic E-state index is 0.00218. The van der Waals surface area contributed by atoms with E-state index in [0.29, 0.717) is 10.8 Å². The number of rotatable bonds is 4. The molecule has 2 N–H and O–H groups in total. The van der Waals surface area contributed by atoms with Gasteiger partial charge in [-0.3, -0.25) is 34.2 Å². The summed E-state index contributed by atoms with van der Waals surface area (Å²) in [5, 5.41) is 11.4. The van der Waals surface area contributed by atoms with Crippen molar-refractivity contribution in [3.05, 3.63) is 58.9 Å². The molecule has 32 heavy (non-hydrogen) atoms. The van der Waals surface area contributed by atoms with E-state index < -0.39 is 35.6 Å². The van der Waals surface area contributed by atoms with Crippen LogP contribution in [0.5, 0.6) is 0 Å². The van der Waals surface area contributed by atoms with Crippen molar-refractivity contribution in [2.45, 2.75) is 18.9 Å². The third-order valence-electron chi connectivity index (χ3n) is 5.17. The summed E-state index contributed by atoms with van der Waals surface area (Å²) in [5.41, 5.74) is 0.331. The summed E-state index contributed by atoms with van der Waals surface area (Å²) < 4.78 is 1.50. The molecule has 0 saturated carbocycles. The number of thiazole rings is 1. The SMILES string of the molecule is O=C1CCC(N2C(=O)c3cccc(C(=O)Nc4cnn(-c5nccs5)c4)c3C2=O)C(=O)N1. The van der Waals surface area contributed by atoms with E-state index in [1.54, 1.807) is 17.8 Å². The van der Waals surface area contributed by atoms with Crippen LogP contribution in [0.15, 0.2) is 42.2 Å². The van der Waals surface area contributed by atoms with Gasteiger partial charge in [-0.15, -0.1) is 11.3 Å². The number of fused-ring (bicyclic) bond motifs is 1.